The van der Waals surface area contributed by atoms with Gasteiger partial charge in [-0.05, 0) is 52.0 Å². The van der Waals surface area contributed by atoms with Gasteiger partial charge in [0.05, 0.1) is 11.7 Å². The maximum atomic E-state index is 5.61. The molecule has 0 radical (unpaired) electrons. The summed E-state index contributed by atoms with van der Waals surface area (Å²) in [6.07, 6.45) is 1.77. The molecule has 3 N–H and O–H groups in total. The van der Waals surface area contributed by atoms with Crippen molar-refractivity contribution in [3.05, 3.63) is 50.4 Å². The number of nitrogens with zero attached hydrogens (tertiary/aromatic N) is 1. The highest BCUT2D eigenvalue weighted by molar-refractivity contribution is 9.10. The zero-order valence-corrected chi connectivity index (χ0v) is 11.2. The molecule has 0 bridgehead atoms. The van der Waals surface area contributed by atoms with Crippen LogP contribution < -0.4 is 11.3 Å². The van der Waals surface area contributed by atoms with E-state index < -0.39 is 0 Å². The Morgan fingerprint density at radius 3 is 2.94 bits per heavy atom. The van der Waals surface area contributed by atoms with Crippen molar-refractivity contribution in [2.45, 2.75) is 13.0 Å². The number of aryl methyl sites for hydroxylation is 1. The molecule has 0 saturated carbocycles. The van der Waals surface area contributed by atoms with Crippen molar-refractivity contribution in [1.29, 1.82) is 0 Å². The highest BCUT2D eigenvalue weighted by Crippen LogP contribution is 2.28. The van der Waals surface area contributed by atoms with E-state index >= 15 is 0 Å². The van der Waals surface area contributed by atoms with Crippen molar-refractivity contribution in [1.82, 2.24) is 10.4 Å². The molecule has 0 aromatic carbocycles. The Morgan fingerprint density at radius 1 is 1.56 bits per heavy atom. The topological polar surface area (TPSA) is 50.9 Å². The van der Waals surface area contributed by atoms with E-state index in [2.05, 4.69) is 44.7 Å². The summed E-state index contributed by atoms with van der Waals surface area (Å²) in [4.78, 5) is 5.62. The van der Waals surface area contributed by atoms with E-state index in [1.807, 2.05) is 12.1 Å². The average molecular weight is 298 g/mol. The van der Waals surface area contributed by atoms with Crippen molar-refractivity contribution in [2.24, 2.45) is 5.84 Å². The molecule has 0 spiro atoms. The Kier molecular flexibility index (Phi) is 3.70. The van der Waals surface area contributed by atoms with Crippen LogP contribution in [0.4, 0.5) is 0 Å². The van der Waals surface area contributed by atoms with E-state index in [0.717, 1.165) is 15.7 Å². The molecule has 2 rings (SSSR count). The van der Waals surface area contributed by atoms with E-state index in [9.17, 15) is 0 Å². The predicted octanol–water partition coefficient (Wildman–Crippen LogP) is 2.77. The molecule has 0 fully saturated rings. The SMILES string of the molecule is Cc1cc(C(NN)c2ncccc2Br)cs1. The van der Waals surface area contributed by atoms with Crippen LogP contribution in [0.3, 0.4) is 0 Å². The molecule has 2 aromatic rings. The largest absolute Gasteiger partial charge is 0.271 e. The lowest BCUT2D eigenvalue weighted by Crippen LogP contribution is -2.29. The third-order valence-electron chi connectivity index (χ3n) is 2.31. The summed E-state index contributed by atoms with van der Waals surface area (Å²) in [6, 6.07) is 5.91. The van der Waals surface area contributed by atoms with Crippen LogP contribution in [0, 0.1) is 6.92 Å². The molecule has 0 aliphatic rings. The van der Waals surface area contributed by atoms with Crippen molar-refractivity contribution in [2.75, 3.05) is 0 Å². The summed E-state index contributed by atoms with van der Waals surface area (Å²) < 4.78 is 0.960. The number of hydrazine groups is 1. The number of hydrogen-bond acceptors (Lipinski definition) is 4. The van der Waals surface area contributed by atoms with Crippen LogP contribution in [-0.4, -0.2) is 4.98 Å². The van der Waals surface area contributed by atoms with Crippen LogP contribution in [0.5, 0.6) is 0 Å². The highest BCUT2D eigenvalue weighted by Gasteiger charge is 2.17. The predicted molar refractivity (Wildman–Crippen MR) is 70.2 cm³/mol. The standard InChI is InChI=1S/C11H12BrN3S/c1-7-5-8(6-16-7)10(15-13)11-9(12)3-2-4-14-11/h2-6,10,15H,13H2,1H3. The Bertz CT molecular complexity index is 484. The molecular weight excluding hydrogens is 286 g/mol. The number of hydrogen-bond donors (Lipinski definition) is 2. The van der Waals surface area contributed by atoms with E-state index in [-0.39, 0.29) is 6.04 Å². The Labute approximate surface area is 107 Å². The van der Waals surface area contributed by atoms with Crippen molar-refractivity contribution in [3.8, 4) is 0 Å². The lowest BCUT2D eigenvalue weighted by molar-refractivity contribution is 0.619. The Balaban J connectivity index is 2.40. The molecule has 84 valence electrons. The fourth-order valence-corrected chi connectivity index (χ4v) is 2.77. The summed E-state index contributed by atoms with van der Waals surface area (Å²) in [7, 11) is 0. The Hall–Kier alpha value is -0.750. The van der Waals surface area contributed by atoms with Gasteiger partial charge >= 0.3 is 0 Å². The van der Waals surface area contributed by atoms with Crippen LogP contribution in [0.1, 0.15) is 22.2 Å². The van der Waals surface area contributed by atoms with Gasteiger partial charge < -0.3 is 0 Å². The van der Waals surface area contributed by atoms with E-state index in [1.54, 1.807) is 17.5 Å². The summed E-state index contributed by atoms with van der Waals surface area (Å²) >= 11 is 5.20. The minimum Gasteiger partial charge on any atom is -0.271 e. The van der Waals surface area contributed by atoms with Gasteiger partial charge in [-0.3, -0.25) is 10.8 Å². The summed E-state index contributed by atoms with van der Waals surface area (Å²) in [5, 5.41) is 2.10. The summed E-state index contributed by atoms with van der Waals surface area (Å²) in [5.41, 5.74) is 4.85. The fourth-order valence-electron chi connectivity index (χ4n) is 1.56. The van der Waals surface area contributed by atoms with Gasteiger partial charge in [-0.25, -0.2) is 5.43 Å². The maximum Gasteiger partial charge on any atom is 0.0901 e. The van der Waals surface area contributed by atoms with Crippen molar-refractivity contribution >= 4 is 27.3 Å². The smallest absolute Gasteiger partial charge is 0.0901 e. The average Bonchev–Trinajstić information content (AvgIpc) is 2.69. The van der Waals surface area contributed by atoms with Crippen molar-refractivity contribution < 1.29 is 0 Å². The second-order valence-electron chi connectivity index (χ2n) is 3.46. The minimum absolute atomic E-state index is 0.0690. The second kappa shape index (κ2) is 5.05. The third kappa shape index (κ3) is 2.32. The molecule has 2 heterocycles. The molecule has 3 nitrogen and oxygen atoms in total. The number of thiophene rings is 1. The van der Waals surface area contributed by atoms with Gasteiger partial charge in [0.1, 0.15) is 0 Å². The van der Waals surface area contributed by atoms with Gasteiger partial charge in [-0.15, -0.1) is 11.3 Å². The monoisotopic (exact) mass is 297 g/mol. The first kappa shape index (κ1) is 11.7. The van der Waals surface area contributed by atoms with Crippen LogP contribution in [0.2, 0.25) is 0 Å². The fraction of sp³-hybridized carbons (Fsp3) is 0.182. The molecule has 1 unspecified atom stereocenters. The summed E-state index contributed by atoms with van der Waals surface area (Å²) in [5.74, 6) is 5.61. The number of nitrogens with one attached hydrogen (secondary N) is 1. The second-order valence-corrected chi connectivity index (χ2v) is 5.43. The first-order chi connectivity index (χ1) is 7.72. The number of rotatable bonds is 3. The molecular formula is C11H12BrN3S. The first-order valence-corrected chi connectivity index (χ1v) is 6.51. The maximum absolute atomic E-state index is 5.61. The summed E-state index contributed by atoms with van der Waals surface area (Å²) in [6.45, 7) is 2.08. The minimum atomic E-state index is -0.0690. The number of halogens is 1. The molecule has 2 aromatic heterocycles. The van der Waals surface area contributed by atoms with E-state index in [4.69, 9.17) is 5.84 Å². The normalized spacial score (nSPS) is 12.7. The van der Waals surface area contributed by atoms with E-state index in [1.165, 1.54) is 4.88 Å². The molecule has 0 amide bonds. The number of pyridine rings is 1. The first-order valence-electron chi connectivity index (χ1n) is 4.84. The van der Waals surface area contributed by atoms with Gasteiger partial charge in [0.15, 0.2) is 0 Å². The molecule has 5 heteroatoms. The zero-order valence-electron chi connectivity index (χ0n) is 8.77. The third-order valence-corrected chi connectivity index (χ3v) is 3.86. The zero-order chi connectivity index (χ0) is 11.5. The number of nitrogens with two attached hydrogens (primary N) is 1. The lowest BCUT2D eigenvalue weighted by atomic mass is 10.1. The quantitative estimate of drug-likeness (QED) is 0.677. The molecule has 0 saturated heterocycles. The van der Waals surface area contributed by atoms with Gasteiger partial charge in [0, 0.05) is 15.5 Å². The van der Waals surface area contributed by atoms with Crippen LogP contribution in [0.15, 0.2) is 34.2 Å². The van der Waals surface area contributed by atoms with Crippen LogP contribution >= 0.6 is 27.3 Å². The molecule has 0 aliphatic carbocycles. The molecule has 16 heavy (non-hydrogen) atoms. The van der Waals surface area contributed by atoms with Crippen LogP contribution in [-0.2, 0) is 0 Å². The van der Waals surface area contributed by atoms with Gasteiger partial charge in [0.25, 0.3) is 0 Å². The molecule has 1 atom stereocenters. The van der Waals surface area contributed by atoms with Crippen molar-refractivity contribution in [3.63, 3.8) is 0 Å². The van der Waals surface area contributed by atoms with Gasteiger partial charge in [-0.1, -0.05) is 0 Å². The lowest BCUT2D eigenvalue weighted by Gasteiger charge is -2.15. The number of aromatic nitrogens is 1. The van der Waals surface area contributed by atoms with Gasteiger partial charge in [-0.2, -0.15) is 0 Å². The Morgan fingerprint density at radius 2 is 2.38 bits per heavy atom. The van der Waals surface area contributed by atoms with E-state index in [0.29, 0.717) is 0 Å². The highest BCUT2D eigenvalue weighted by atomic mass is 79.9. The van der Waals surface area contributed by atoms with Gasteiger partial charge in [0.2, 0.25) is 0 Å². The van der Waals surface area contributed by atoms with Crippen LogP contribution in [0.25, 0.3) is 0 Å². The molecule has 0 aliphatic heterocycles.